The number of ether oxygens (including phenoxy) is 1. The fraction of sp³-hybridized carbons (Fsp3) is 0.600. The van der Waals surface area contributed by atoms with Gasteiger partial charge in [-0.2, -0.15) is 0 Å². The summed E-state index contributed by atoms with van der Waals surface area (Å²) in [7, 11) is 5.84. The Morgan fingerprint density at radius 3 is 2.18 bits per heavy atom. The fourth-order valence-corrected chi connectivity index (χ4v) is 1.99. The minimum atomic E-state index is 0.0253. The van der Waals surface area contributed by atoms with Crippen molar-refractivity contribution in [1.82, 2.24) is 4.90 Å². The molecule has 0 aliphatic heterocycles. The van der Waals surface area contributed by atoms with Crippen LogP contribution in [0.25, 0.3) is 0 Å². The van der Waals surface area contributed by atoms with E-state index in [0.29, 0.717) is 0 Å². The highest BCUT2D eigenvalue weighted by molar-refractivity contribution is 5.35. The number of aryl methyl sites for hydroxylation is 1. The molecular weight excluding hydrogens is 210 g/mol. The van der Waals surface area contributed by atoms with Gasteiger partial charge in [-0.05, 0) is 43.1 Å². The first kappa shape index (κ1) is 14.2. The van der Waals surface area contributed by atoms with Crippen LogP contribution in [0.4, 0.5) is 0 Å². The molecule has 1 unspecified atom stereocenters. The van der Waals surface area contributed by atoms with Gasteiger partial charge in [0.2, 0.25) is 0 Å². The van der Waals surface area contributed by atoms with Crippen molar-refractivity contribution in [2.75, 3.05) is 21.2 Å². The Bertz CT molecular complexity index is 377. The van der Waals surface area contributed by atoms with Gasteiger partial charge in [-0.1, -0.05) is 39.0 Å². The minimum absolute atomic E-state index is 0.0253. The zero-order valence-corrected chi connectivity index (χ0v) is 12.2. The molecule has 1 atom stereocenters. The molecule has 0 N–H and O–H groups in total. The molecular formula is C15H25NO. The van der Waals surface area contributed by atoms with E-state index in [9.17, 15) is 0 Å². The van der Waals surface area contributed by atoms with E-state index in [2.05, 4.69) is 50.8 Å². The molecule has 0 amide bonds. The maximum Gasteiger partial charge on any atom is 0.136 e. The van der Waals surface area contributed by atoms with Crippen molar-refractivity contribution in [3.05, 3.63) is 34.9 Å². The van der Waals surface area contributed by atoms with E-state index in [0.717, 1.165) is 0 Å². The van der Waals surface area contributed by atoms with Crippen molar-refractivity contribution in [3.8, 4) is 0 Å². The maximum atomic E-state index is 5.57. The Hall–Kier alpha value is -0.860. The summed E-state index contributed by atoms with van der Waals surface area (Å²) in [5.41, 5.74) is 4.05. The lowest BCUT2D eigenvalue weighted by atomic mass is 9.85. The molecule has 0 saturated heterocycles. The van der Waals surface area contributed by atoms with Crippen LogP contribution in [-0.2, 0) is 10.2 Å². The summed E-state index contributed by atoms with van der Waals surface area (Å²) in [6.07, 6.45) is 0.0253. The van der Waals surface area contributed by atoms with Crippen LogP contribution in [0.5, 0.6) is 0 Å². The molecule has 0 aromatic heterocycles. The van der Waals surface area contributed by atoms with Crippen LogP contribution in [0.3, 0.4) is 0 Å². The van der Waals surface area contributed by atoms with Crippen LogP contribution in [0.1, 0.15) is 43.7 Å². The van der Waals surface area contributed by atoms with Crippen LogP contribution < -0.4 is 0 Å². The van der Waals surface area contributed by atoms with Gasteiger partial charge in [0.05, 0.1) is 0 Å². The highest BCUT2D eigenvalue weighted by Crippen LogP contribution is 2.29. The van der Waals surface area contributed by atoms with E-state index in [1.807, 2.05) is 14.1 Å². The van der Waals surface area contributed by atoms with Gasteiger partial charge in [0.25, 0.3) is 0 Å². The zero-order chi connectivity index (χ0) is 13.2. The molecule has 0 aliphatic carbocycles. The SMILES string of the molecule is COC(c1cc(C(C)(C)C)ccc1C)N(C)C. The topological polar surface area (TPSA) is 12.5 Å². The summed E-state index contributed by atoms with van der Waals surface area (Å²) in [6.45, 7) is 8.84. The third kappa shape index (κ3) is 3.30. The lowest BCUT2D eigenvalue weighted by molar-refractivity contribution is -0.00593. The van der Waals surface area contributed by atoms with Crippen LogP contribution in [0, 0.1) is 6.92 Å². The van der Waals surface area contributed by atoms with Gasteiger partial charge in [0.1, 0.15) is 6.23 Å². The summed E-state index contributed by atoms with van der Waals surface area (Å²) in [4.78, 5) is 2.09. The number of methoxy groups -OCH3 is 1. The lowest BCUT2D eigenvalue weighted by Crippen LogP contribution is -2.23. The Morgan fingerprint density at radius 1 is 1.18 bits per heavy atom. The first-order chi connectivity index (χ1) is 7.77. The molecule has 1 aromatic rings. The summed E-state index contributed by atoms with van der Waals surface area (Å²) < 4.78 is 5.57. The second-order valence-electron chi connectivity index (χ2n) is 5.87. The molecule has 96 valence electrons. The molecule has 2 heteroatoms. The molecule has 1 rings (SSSR count). The van der Waals surface area contributed by atoms with Crippen LogP contribution in [-0.4, -0.2) is 26.1 Å². The summed E-state index contributed by atoms with van der Waals surface area (Å²) in [5.74, 6) is 0. The van der Waals surface area contributed by atoms with Crippen LogP contribution >= 0.6 is 0 Å². The second-order valence-corrected chi connectivity index (χ2v) is 5.87. The van der Waals surface area contributed by atoms with Crippen LogP contribution in [0.2, 0.25) is 0 Å². The first-order valence-electron chi connectivity index (χ1n) is 6.07. The molecule has 0 aliphatic rings. The Kier molecular flexibility index (Phi) is 4.34. The average Bonchev–Trinajstić information content (AvgIpc) is 2.19. The third-order valence-electron chi connectivity index (χ3n) is 3.10. The maximum absolute atomic E-state index is 5.57. The number of rotatable bonds is 3. The zero-order valence-electron chi connectivity index (χ0n) is 12.2. The molecule has 1 aromatic carbocycles. The van der Waals surface area contributed by atoms with Crippen molar-refractivity contribution >= 4 is 0 Å². The van der Waals surface area contributed by atoms with Gasteiger partial charge >= 0.3 is 0 Å². The summed E-state index contributed by atoms with van der Waals surface area (Å²) in [5, 5.41) is 0. The Labute approximate surface area is 106 Å². The molecule has 17 heavy (non-hydrogen) atoms. The van der Waals surface area contributed by atoms with E-state index < -0.39 is 0 Å². The van der Waals surface area contributed by atoms with E-state index >= 15 is 0 Å². The first-order valence-corrected chi connectivity index (χ1v) is 6.07. The van der Waals surface area contributed by atoms with E-state index in [4.69, 9.17) is 4.74 Å². The van der Waals surface area contributed by atoms with Gasteiger partial charge in [-0.25, -0.2) is 0 Å². The molecule has 0 heterocycles. The molecule has 0 fully saturated rings. The summed E-state index contributed by atoms with van der Waals surface area (Å²) in [6, 6.07) is 6.66. The van der Waals surface area contributed by atoms with Crippen molar-refractivity contribution in [1.29, 1.82) is 0 Å². The fourth-order valence-electron chi connectivity index (χ4n) is 1.99. The Balaban J connectivity index is 3.23. The van der Waals surface area contributed by atoms with Gasteiger partial charge < -0.3 is 4.74 Å². The monoisotopic (exact) mass is 235 g/mol. The molecule has 0 bridgehead atoms. The average molecular weight is 235 g/mol. The second kappa shape index (κ2) is 5.19. The third-order valence-corrected chi connectivity index (χ3v) is 3.10. The number of nitrogens with zero attached hydrogens (tertiary/aromatic N) is 1. The summed E-state index contributed by atoms with van der Waals surface area (Å²) >= 11 is 0. The van der Waals surface area contributed by atoms with Crippen molar-refractivity contribution in [2.45, 2.75) is 39.3 Å². The van der Waals surface area contributed by atoms with Crippen molar-refractivity contribution in [2.24, 2.45) is 0 Å². The number of hydrogen-bond acceptors (Lipinski definition) is 2. The minimum Gasteiger partial charge on any atom is -0.362 e. The van der Waals surface area contributed by atoms with Crippen molar-refractivity contribution < 1.29 is 4.74 Å². The quantitative estimate of drug-likeness (QED) is 0.743. The van der Waals surface area contributed by atoms with Gasteiger partial charge in [0, 0.05) is 7.11 Å². The highest BCUT2D eigenvalue weighted by atomic mass is 16.5. The van der Waals surface area contributed by atoms with E-state index in [1.165, 1.54) is 16.7 Å². The predicted octanol–water partition coefficient (Wildman–Crippen LogP) is 3.50. The van der Waals surface area contributed by atoms with Gasteiger partial charge in [0.15, 0.2) is 0 Å². The smallest absolute Gasteiger partial charge is 0.136 e. The Morgan fingerprint density at radius 2 is 1.76 bits per heavy atom. The van der Waals surface area contributed by atoms with E-state index in [1.54, 1.807) is 7.11 Å². The lowest BCUT2D eigenvalue weighted by Gasteiger charge is -2.27. The van der Waals surface area contributed by atoms with Gasteiger partial charge in [-0.15, -0.1) is 0 Å². The standard InChI is InChI=1S/C15H25NO/c1-11-8-9-12(15(2,3)4)10-13(11)14(17-7)16(5)6/h8-10,14H,1-7H3. The van der Waals surface area contributed by atoms with Crippen molar-refractivity contribution in [3.63, 3.8) is 0 Å². The van der Waals surface area contributed by atoms with Gasteiger partial charge in [-0.3, -0.25) is 4.90 Å². The number of benzene rings is 1. The largest absolute Gasteiger partial charge is 0.362 e. The molecule has 0 saturated carbocycles. The van der Waals surface area contributed by atoms with Crippen LogP contribution in [0.15, 0.2) is 18.2 Å². The predicted molar refractivity (Wildman–Crippen MR) is 73.3 cm³/mol. The number of hydrogen-bond donors (Lipinski definition) is 0. The van der Waals surface area contributed by atoms with E-state index in [-0.39, 0.29) is 11.6 Å². The molecule has 2 nitrogen and oxygen atoms in total. The molecule has 0 radical (unpaired) electrons. The normalized spacial score (nSPS) is 14.1. The highest BCUT2D eigenvalue weighted by Gasteiger charge is 2.19. The molecule has 0 spiro atoms.